The molecule has 6 aromatic rings. The maximum absolute atomic E-state index is 12.1. The van der Waals surface area contributed by atoms with E-state index in [-0.39, 0.29) is 91.7 Å². The number of halogens is 6. The van der Waals surface area contributed by atoms with Crippen LogP contribution in [0.5, 0.6) is 11.8 Å². The summed E-state index contributed by atoms with van der Waals surface area (Å²) < 4.78 is 154. The number of fused-ring (bicyclic) bond motifs is 2. The van der Waals surface area contributed by atoms with Crippen LogP contribution >= 0.6 is 15.1 Å². The van der Waals surface area contributed by atoms with Crippen LogP contribution in [0.25, 0.3) is 33.4 Å². The Kier molecular flexibility index (Phi) is 30.4. The number of ether oxygens (including phenoxy) is 4. The van der Waals surface area contributed by atoms with Crippen LogP contribution in [0.3, 0.4) is 0 Å². The van der Waals surface area contributed by atoms with Gasteiger partial charge in [-0.15, -0.1) is 7.26 Å². The average molecular weight is 1700 g/mol. The fourth-order valence-electron chi connectivity index (χ4n) is 13.3. The van der Waals surface area contributed by atoms with Crippen molar-refractivity contribution < 1.29 is 94.8 Å². The maximum atomic E-state index is 12.1. The van der Waals surface area contributed by atoms with Gasteiger partial charge in [0.15, 0.2) is 31.0 Å². The predicted molar refractivity (Wildman–Crippen MR) is 390 cm³/mol. The second-order valence-corrected chi connectivity index (χ2v) is 36.8. The van der Waals surface area contributed by atoms with Gasteiger partial charge in [-0.3, -0.25) is 0 Å². The summed E-state index contributed by atoms with van der Waals surface area (Å²) in [4.78, 5) is 44.7. The van der Waals surface area contributed by atoms with E-state index in [4.69, 9.17) is 29.7 Å². The van der Waals surface area contributed by atoms with Crippen LogP contribution in [0.1, 0.15) is 187 Å². The van der Waals surface area contributed by atoms with Gasteiger partial charge in [0, 0.05) is 103 Å². The Labute approximate surface area is 617 Å². The molecule has 31 heteroatoms. The number of benzene rings is 2. The Hall–Kier alpha value is -5.85. The Balaban J connectivity index is 0.000000257. The Morgan fingerprint density at radius 2 is 0.853 bits per heavy atom. The molecule has 0 atom stereocenters. The number of carbonyl (C=O) groups is 2. The number of rotatable bonds is 13. The number of piperidine rings is 2. The minimum absolute atomic E-state index is 0. The third-order valence-electron chi connectivity index (χ3n) is 18.2. The van der Waals surface area contributed by atoms with Crippen molar-refractivity contribution in [1.29, 1.82) is 0 Å². The first-order valence-corrected chi connectivity index (χ1v) is 42.4. The van der Waals surface area contributed by atoms with E-state index in [0.717, 1.165) is 23.2 Å². The Morgan fingerprint density at radius 3 is 1.17 bits per heavy atom. The number of carbonyl (C=O) groups excluding carboxylic acids is 2. The van der Waals surface area contributed by atoms with Gasteiger partial charge < -0.3 is 36.2 Å². The molecule has 6 heterocycles. The van der Waals surface area contributed by atoms with Crippen molar-refractivity contribution in [3.05, 3.63) is 112 Å². The molecule has 2 aromatic carbocycles. The summed E-state index contributed by atoms with van der Waals surface area (Å²) in [5.74, 6) is 0.738. The minimum Gasteiger partial charge on any atom is -0.474 e. The first-order valence-electron chi connectivity index (χ1n) is 36.4. The summed E-state index contributed by atoms with van der Waals surface area (Å²) in [6.45, 7) is 14.5. The van der Waals surface area contributed by atoms with Gasteiger partial charge in [-0.2, -0.15) is 16.9 Å². The molecular weight excluding hydrogens is 1590 g/mol. The van der Waals surface area contributed by atoms with E-state index in [2.05, 4.69) is 54.4 Å². The quantitative estimate of drug-likeness (QED) is 0.0452. The molecule has 102 heavy (non-hydrogen) atoms. The summed E-state index contributed by atoms with van der Waals surface area (Å²) in [5, 5.41) is 9.81. The van der Waals surface area contributed by atoms with Crippen molar-refractivity contribution in [2.75, 3.05) is 38.7 Å². The van der Waals surface area contributed by atoms with Crippen molar-refractivity contribution >= 4 is 69.0 Å². The summed E-state index contributed by atoms with van der Waals surface area (Å²) in [6.07, 6.45) is 46.2. The van der Waals surface area contributed by atoms with Crippen LogP contribution in [0.15, 0.2) is 108 Å². The monoisotopic (exact) mass is 1700 g/mol. The summed E-state index contributed by atoms with van der Waals surface area (Å²) in [6, 6.07) is 8.47. The Bertz CT molecular complexity index is 3940. The van der Waals surface area contributed by atoms with Crippen molar-refractivity contribution in [3.63, 3.8) is 0 Å². The molecule has 4 aliphatic carbocycles. The van der Waals surface area contributed by atoms with Crippen LogP contribution in [-0.2, 0) is 49.3 Å². The number of hydrogen-bond acceptors (Lipinski definition) is 16. The summed E-state index contributed by atoms with van der Waals surface area (Å²) in [5.41, 5.74) is 4.88. The van der Waals surface area contributed by atoms with Crippen molar-refractivity contribution in [3.8, 4) is 23.1 Å². The summed E-state index contributed by atoms with van der Waals surface area (Å²) in [7, 11) is -17.2. The van der Waals surface area contributed by atoms with Crippen LogP contribution in [0, 0.1) is 14.1 Å². The van der Waals surface area contributed by atoms with Crippen molar-refractivity contribution in [2.45, 2.75) is 234 Å². The van der Waals surface area contributed by atoms with E-state index in [0.29, 0.717) is 91.4 Å². The first-order chi connectivity index (χ1) is 48.5. The second kappa shape index (κ2) is 37.9. The molecule has 1 radical (unpaired) electrons. The van der Waals surface area contributed by atoms with Gasteiger partial charge in [0.25, 0.3) is 0 Å². The third kappa shape index (κ3) is 26.9. The Morgan fingerprint density at radius 1 is 0.539 bits per heavy atom. The number of amides is 2. The molecule has 12 rings (SSSR count). The van der Waals surface area contributed by atoms with Crippen LogP contribution < -0.4 is 9.47 Å². The van der Waals surface area contributed by atoms with Crippen LogP contribution in [-0.4, -0.2) is 158 Å². The summed E-state index contributed by atoms with van der Waals surface area (Å²) >= 11 is 0. The third-order valence-corrected chi connectivity index (χ3v) is 26.1. The van der Waals surface area contributed by atoms with Crippen molar-refractivity contribution in [2.24, 2.45) is 0 Å². The molecule has 0 unspecified atom stereocenters. The molecule has 5 fully saturated rings. The number of aromatic nitrogens is 8. The molecule has 0 spiro atoms. The molecule has 2 saturated heterocycles. The van der Waals surface area contributed by atoms with Gasteiger partial charge >= 0.3 is 45.2 Å². The van der Waals surface area contributed by atoms with Crippen LogP contribution in [0.4, 0.5) is 34.8 Å². The zero-order chi connectivity index (χ0) is 75.4. The predicted octanol–water partition coefficient (Wildman–Crippen LogP) is 19.1. The average Bonchev–Trinajstić information content (AvgIpc) is 1.74. The molecule has 4 aromatic heterocycles. The second-order valence-electron chi connectivity index (χ2n) is 26.7. The molecule has 2 aliphatic heterocycles. The standard InChI is InChI=1S/2C21H25N5O5S.C19H35P.C8H12.CH4.CH3.F6P.Ir/c2*1-14(2)30-21(27)25-10-8-16(9-11-25)31-20-18-12-24-26(19(18)22-13-23-20)15-4-6-17(7-5-15)32(3,28)29;1-20(17-11-5-2-6-12-17,18-13-7-3-8-14-18)19-15-9-4-10-16-19;1-2-4-6-8-7-5-3-1;;;1-7(2,3,4,5)6;/h2*4-7,12-14,16H,8-11H2,1-3H3;17-19H,1-16H2;1-2,7-8H,3-6H2;1H4;1H3;;/q;;;;;2*-1;/b;;;2-1-,8-7?;;;;/i4T,5T;;;;1T;;;. The van der Waals surface area contributed by atoms with Gasteiger partial charge in [0.1, 0.15) is 35.6 Å². The number of nitrogens with zero attached hydrogens (tertiary/aromatic N) is 10. The first kappa shape index (κ1) is 81.8. The van der Waals surface area contributed by atoms with Gasteiger partial charge in [-0.05, 0) is 179 Å². The number of allylic oxidation sites excluding steroid dienone is 4. The van der Waals surface area contributed by atoms with E-state index in [1.165, 1.54) is 145 Å². The molecule has 0 N–H and O–H groups in total. The number of hydrogen-bond donors (Lipinski definition) is 0. The maximum Gasteiger partial charge on any atom is 0.410 e. The van der Waals surface area contributed by atoms with E-state index in [1.807, 2.05) is 27.7 Å². The SMILES string of the molecule is C1=CCC/C=C\CC1.CC(C)OC(=O)N1CCC(Oc2ncnc3c2cnn3-c2ccc(S(C)(=O)=O)cc2)CC1.F[P-](F)(F)(F)(F)F.[3H]C.[3H]c1cc(S(C)(=O)=O)cc([3H])c1-n1ncc2c(OC3CCN(C(=O)OC(C)C)CC3)ncnc21.[CH2-][P+](C1CCCCC1)(C1CCCCC1)C1CCCCC1.[CH3-].[Ir]. The van der Waals surface area contributed by atoms with E-state index >= 15 is 0 Å². The van der Waals surface area contributed by atoms with Gasteiger partial charge in [0.2, 0.25) is 11.8 Å². The van der Waals surface area contributed by atoms with E-state index in [1.54, 1.807) is 71.3 Å². The van der Waals surface area contributed by atoms with E-state index < -0.39 is 34.7 Å². The smallest absolute Gasteiger partial charge is 0.410 e. The molecule has 20 nitrogen and oxygen atoms in total. The number of sulfone groups is 2. The molecule has 6 aliphatic rings. The van der Waals surface area contributed by atoms with Gasteiger partial charge in [-0.25, -0.2) is 55.7 Å². The normalized spacial score (nSPS) is 19.0. The van der Waals surface area contributed by atoms with Gasteiger partial charge in [0.05, 0.1) is 48.5 Å². The molecule has 573 valence electrons. The zero-order valence-electron chi connectivity index (χ0n) is 62.8. The van der Waals surface area contributed by atoms with Crippen LogP contribution in [0.2, 0.25) is 0 Å². The topological polar surface area (TPSA) is 233 Å². The fraction of sp³-hybridized carbons (Fsp3) is 0.577. The van der Waals surface area contributed by atoms with Crippen molar-refractivity contribution in [1.82, 2.24) is 49.3 Å². The minimum atomic E-state index is -10.7. The molecular formula is C71H104F6IrN10O10P2S2-2. The fourth-order valence-corrected chi connectivity index (χ4v) is 20.3. The van der Waals surface area contributed by atoms with E-state index in [9.17, 15) is 51.6 Å². The number of likely N-dealkylation sites (tertiary alicyclic amines) is 2. The molecule has 3 saturated carbocycles. The molecule has 0 bridgehead atoms. The van der Waals surface area contributed by atoms with Gasteiger partial charge in [-0.1, -0.05) is 51.0 Å². The molecule has 2 amide bonds. The zero-order valence-corrected chi connectivity index (χ0v) is 65.6. The largest absolute Gasteiger partial charge is 0.474 e.